The Morgan fingerprint density at radius 1 is 1.50 bits per heavy atom. The van der Waals surface area contributed by atoms with E-state index in [0.29, 0.717) is 11.6 Å². The van der Waals surface area contributed by atoms with Crippen LogP contribution in [0.25, 0.3) is 6.08 Å². The van der Waals surface area contributed by atoms with E-state index in [2.05, 4.69) is 30.6 Å². The molecule has 1 aromatic rings. The highest BCUT2D eigenvalue weighted by molar-refractivity contribution is 6.08. The molecule has 0 saturated heterocycles. The predicted octanol–water partition coefficient (Wildman–Crippen LogP) is 4.42. The molecule has 0 aromatic heterocycles. The first kappa shape index (κ1) is 14.2. The highest BCUT2D eigenvalue weighted by Crippen LogP contribution is 2.18. The molecular formula is C18H20N2. The van der Waals surface area contributed by atoms with Crippen molar-refractivity contribution in [3.05, 3.63) is 65.9 Å². The number of nitrogens with one attached hydrogen (secondary N) is 1. The van der Waals surface area contributed by atoms with Crippen LogP contribution in [0.2, 0.25) is 0 Å². The number of hydrogen-bond acceptors (Lipinski definition) is 2. The second-order valence-corrected chi connectivity index (χ2v) is 4.78. The Balaban J connectivity index is 2.21. The van der Waals surface area contributed by atoms with E-state index in [0.717, 1.165) is 24.0 Å². The fourth-order valence-electron chi connectivity index (χ4n) is 2.38. The van der Waals surface area contributed by atoms with Crippen LogP contribution in [0.15, 0.2) is 54.2 Å². The average Bonchev–Trinajstić information content (AvgIpc) is 2.52. The second kappa shape index (κ2) is 6.80. The monoisotopic (exact) mass is 264 g/mol. The molecule has 2 nitrogen and oxygen atoms in total. The molecular weight excluding hydrogens is 244 g/mol. The van der Waals surface area contributed by atoms with Gasteiger partial charge in [-0.1, -0.05) is 49.9 Å². The Morgan fingerprint density at radius 2 is 2.35 bits per heavy atom. The van der Waals surface area contributed by atoms with Gasteiger partial charge in [0.1, 0.15) is 0 Å². The number of rotatable bonds is 5. The van der Waals surface area contributed by atoms with Crippen molar-refractivity contribution >= 4 is 18.0 Å². The summed E-state index contributed by atoms with van der Waals surface area (Å²) in [5, 5.41) is 8.29. The quantitative estimate of drug-likeness (QED) is 0.764. The lowest BCUT2D eigenvalue weighted by Gasteiger charge is -2.11. The second-order valence-electron chi connectivity index (χ2n) is 4.78. The summed E-state index contributed by atoms with van der Waals surface area (Å²) in [6, 6.07) is 6.05. The van der Waals surface area contributed by atoms with Crippen molar-refractivity contribution in [1.29, 1.82) is 5.41 Å². The van der Waals surface area contributed by atoms with E-state index < -0.39 is 0 Å². The van der Waals surface area contributed by atoms with E-state index in [1.807, 2.05) is 42.8 Å². The third kappa shape index (κ3) is 3.21. The van der Waals surface area contributed by atoms with E-state index in [4.69, 9.17) is 5.41 Å². The molecule has 20 heavy (non-hydrogen) atoms. The maximum atomic E-state index is 8.29. The predicted molar refractivity (Wildman–Crippen MR) is 87.6 cm³/mol. The number of hydrogen-bond donors (Lipinski definition) is 1. The van der Waals surface area contributed by atoms with E-state index >= 15 is 0 Å². The van der Waals surface area contributed by atoms with Gasteiger partial charge in [-0.3, -0.25) is 4.99 Å². The molecule has 1 aliphatic rings. The molecule has 2 heteroatoms. The third-order valence-corrected chi connectivity index (χ3v) is 3.49. The molecule has 0 fully saturated rings. The minimum atomic E-state index is 0.348. The van der Waals surface area contributed by atoms with E-state index in [1.165, 1.54) is 5.56 Å². The molecule has 1 heterocycles. The van der Waals surface area contributed by atoms with Gasteiger partial charge in [0.05, 0.1) is 5.71 Å². The van der Waals surface area contributed by atoms with Crippen LogP contribution in [0.4, 0.5) is 0 Å². The Labute approximate surface area is 120 Å². The summed E-state index contributed by atoms with van der Waals surface area (Å²) >= 11 is 0. The van der Waals surface area contributed by atoms with Crippen molar-refractivity contribution in [2.45, 2.75) is 19.8 Å². The molecule has 1 atom stereocenters. The van der Waals surface area contributed by atoms with Crippen LogP contribution in [-0.2, 0) is 6.42 Å². The summed E-state index contributed by atoms with van der Waals surface area (Å²) in [4.78, 5) is 4.06. The summed E-state index contributed by atoms with van der Waals surface area (Å²) in [6.45, 7) is 5.96. The van der Waals surface area contributed by atoms with Gasteiger partial charge >= 0.3 is 0 Å². The zero-order chi connectivity index (χ0) is 14.4. The molecule has 0 spiro atoms. The number of nitrogens with zero attached hydrogens (tertiary/aromatic N) is 1. The van der Waals surface area contributed by atoms with Gasteiger partial charge in [0.15, 0.2) is 0 Å². The maximum Gasteiger partial charge on any atom is 0.0612 e. The zero-order valence-electron chi connectivity index (χ0n) is 11.8. The van der Waals surface area contributed by atoms with E-state index in [1.54, 1.807) is 0 Å². The number of aliphatic imine (C=N–C) groups is 1. The van der Waals surface area contributed by atoms with Crippen molar-refractivity contribution in [1.82, 2.24) is 0 Å². The molecule has 0 saturated carbocycles. The standard InChI is InChI=1S/C18H20N2/c1-3-15-6-5-7-17(16(15)4-2)18(19)9-8-14-10-12-20-13-11-14/h3,5-10,12-14,19H,1,4,11H2,2H3/b9-8+,19-18?. The lowest BCUT2D eigenvalue weighted by molar-refractivity contribution is 0.857. The van der Waals surface area contributed by atoms with Crippen molar-refractivity contribution < 1.29 is 0 Å². The molecule has 1 N–H and O–H groups in total. The molecule has 1 aromatic carbocycles. The molecule has 2 rings (SSSR count). The SMILES string of the molecule is C=Cc1cccc(C(=N)/C=C/C2C=CN=CC2)c1CC. The lowest BCUT2D eigenvalue weighted by Crippen LogP contribution is -2.04. The van der Waals surface area contributed by atoms with Gasteiger partial charge in [0, 0.05) is 23.9 Å². The normalized spacial score (nSPS) is 17.6. The Kier molecular flexibility index (Phi) is 4.83. The minimum absolute atomic E-state index is 0.348. The van der Waals surface area contributed by atoms with Crippen LogP contribution in [0.3, 0.4) is 0 Å². The summed E-state index contributed by atoms with van der Waals surface area (Å²) < 4.78 is 0. The molecule has 1 aliphatic heterocycles. The van der Waals surface area contributed by atoms with Crippen LogP contribution in [-0.4, -0.2) is 11.9 Å². The van der Waals surface area contributed by atoms with Gasteiger partial charge in [-0.15, -0.1) is 0 Å². The molecule has 0 radical (unpaired) electrons. The van der Waals surface area contributed by atoms with Crippen LogP contribution >= 0.6 is 0 Å². The molecule has 0 bridgehead atoms. The first-order valence-corrected chi connectivity index (χ1v) is 6.96. The van der Waals surface area contributed by atoms with Gasteiger partial charge in [0.25, 0.3) is 0 Å². The Bertz CT molecular complexity index is 591. The molecule has 0 aliphatic carbocycles. The summed E-state index contributed by atoms with van der Waals surface area (Å²) in [6.07, 6.45) is 13.4. The fraction of sp³-hybridized carbons (Fsp3) is 0.222. The van der Waals surface area contributed by atoms with Crippen molar-refractivity contribution in [3.63, 3.8) is 0 Å². The topological polar surface area (TPSA) is 36.2 Å². The first-order valence-electron chi connectivity index (χ1n) is 6.96. The molecule has 0 amide bonds. The average molecular weight is 264 g/mol. The summed E-state index contributed by atoms with van der Waals surface area (Å²) in [5.41, 5.74) is 3.86. The van der Waals surface area contributed by atoms with Crippen molar-refractivity contribution in [3.8, 4) is 0 Å². The van der Waals surface area contributed by atoms with Gasteiger partial charge in [-0.05, 0) is 30.0 Å². The lowest BCUT2D eigenvalue weighted by atomic mass is 9.94. The molecule has 102 valence electrons. The van der Waals surface area contributed by atoms with Crippen molar-refractivity contribution in [2.75, 3.05) is 0 Å². The van der Waals surface area contributed by atoms with Crippen LogP contribution < -0.4 is 0 Å². The highest BCUT2D eigenvalue weighted by atomic mass is 14.7. The molecule has 1 unspecified atom stereocenters. The maximum absolute atomic E-state index is 8.29. The largest absolute Gasteiger partial charge is 0.300 e. The van der Waals surface area contributed by atoms with Gasteiger partial charge in [0.2, 0.25) is 0 Å². The van der Waals surface area contributed by atoms with Gasteiger partial charge < -0.3 is 5.41 Å². The van der Waals surface area contributed by atoms with Crippen LogP contribution in [0, 0.1) is 11.3 Å². The zero-order valence-corrected chi connectivity index (χ0v) is 11.8. The van der Waals surface area contributed by atoms with Crippen LogP contribution in [0.5, 0.6) is 0 Å². The Morgan fingerprint density at radius 3 is 3.00 bits per heavy atom. The highest BCUT2D eigenvalue weighted by Gasteiger charge is 2.08. The van der Waals surface area contributed by atoms with Gasteiger partial charge in [-0.2, -0.15) is 0 Å². The first-order chi connectivity index (χ1) is 9.76. The number of allylic oxidation sites excluding steroid dienone is 3. The number of benzene rings is 1. The van der Waals surface area contributed by atoms with Crippen molar-refractivity contribution in [2.24, 2.45) is 10.9 Å². The smallest absolute Gasteiger partial charge is 0.0612 e. The third-order valence-electron chi connectivity index (χ3n) is 3.49. The Hall–Kier alpha value is -2.22. The van der Waals surface area contributed by atoms with Crippen LogP contribution in [0.1, 0.15) is 30.0 Å². The minimum Gasteiger partial charge on any atom is -0.300 e. The van der Waals surface area contributed by atoms with Gasteiger partial charge in [-0.25, -0.2) is 0 Å². The summed E-state index contributed by atoms with van der Waals surface area (Å²) in [7, 11) is 0. The fourth-order valence-corrected chi connectivity index (χ4v) is 2.38. The van der Waals surface area contributed by atoms with E-state index in [9.17, 15) is 0 Å². The van der Waals surface area contributed by atoms with E-state index in [-0.39, 0.29) is 0 Å². The summed E-state index contributed by atoms with van der Waals surface area (Å²) in [5.74, 6) is 0.348.